The van der Waals surface area contributed by atoms with Crippen LogP contribution in [0.2, 0.25) is 0 Å². The summed E-state index contributed by atoms with van der Waals surface area (Å²) in [6.45, 7) is 2.34. The Morgan fingerprint density at radius 1 is 1.20 bits per heavy atom. The molecule has 0 fully saturated rings. The van der Waals surface area contributed by atoms with Gasteiger partial charge in [0.25, 0.3) is 5.91 Å². The molecule has 1 amide bonds. The molecule has 6 nitrogen and oxygen atoms in total. The predicted molar refractivity (Wildman–Crippen MR) is 132 cm³/mol. The number of amides is 1. The van der Waals surface area contributed by atoms with Crippen molar-refractivity contribution in [3.63, 3.8) is 0 Å². The lowest BCUT2D eigenvalue weighted by Crippen LogP contribution is -2.17. The van der Waals surface area contributed by atoms with Crippen LogP contribution in [0.25, 0.3) is 17.4 Å². The van der Waals surface area contributed by atoms with E-state index in [2.05, 4.69) is 5.32 Å². The predicted octanol–water partition coefficient (Wildman–Crippen LogP) is 6.53. The summed E-state index contributed by atoms with van der Waals surface area (Å²) in [7, 11) is 0. The summed E-state index contributed by atoms with van der Waals surface area (Å²) in [6.07, 6.45) is 6.64. The van der Waals surface area contributed by atoms with Crippen LogP contribution in [-0.4, -0.2) is 18.5 Å². The average molecular weight is 493 g/mol. The van der Waals surface area contributed by atoms with Gasteiger partial charge < -0.3 is 14.5 Å². The van der Waals surface area contributed by atoms with Crippen LogP contribution in [0, 0.1) is 17.1 Å². The molecule has 1 aromatic carbocycles. The Morgan fingerprint density at radius 2 is 1.97 bits per heavy atom. The first kappa shape index (κ1) is 24.4. The molecule has 3 aromatic rings. The highest BCUT2D eigenvalue weighted by Crippen LogP contribution is 2.39. The third-order valence-corrected chi connectivity index (χ3v) is 6.95. The van der Waals surface area contributed by atoms with E-state index in [1.807, 2.05) is 13.0 Å². The van der Waals surface area contributed by atoms with Gasteiger partial charge in [-0.1, -0.05) is 13.3 Å². The summed E-state index contributed by atoms with van der Waals surface area (Å²) in [6, 6.07) is 11.0. The number of nitrogens with one attached hydrogen (secondary N) is 1. The van der Waals surface area contributed by atoms with Gasteiger partial charge in [-0.2, -0.15) is 5.26 Å². The molecule has 0 spiro atoms. The van der Waals surface area contributed by atoms with Crippen molar-refractivity contribution in [3.8, 4) is 17.4 Å². The normalized spacial score (nSPS) is 13.1. The number of aryl methyl sites for hydroxylation is 1. The van der Waals surface area contributed by atoms with Crippen molar-refractivity contribution in [2.75, 3.05) is 11.9 Å². The average Bonchev–Trinajstić information content (AvgIpc) is 3.47. The van der Waals surface area contributed by atoms with Crippen molar-refractivity contribution < 1.29 is 23.1 Å². The van der Waals surface area contributed by atoms with E-state index in [1.165, 1.54) is 29.5 Å². The highest BCUT2D eigenvalue weighted by Gasteiger charge is 2.28. The van der Waals surface area contributed by atoms with Crippen LogP contribution < -0.4 is 5.32 Å². The van der Waals surface area contributed by atoms with E-state index in [0.29, 0.717) is 34.3 Å². The monoisotopic (exact) mass is 492 g/mol. The van der Waals surface area contributed by atoms with Crippen molar-refractivity contribution in [1.29, 1.82) is 5.26 Å². The molecular formula is C27H25FN2O4S. The topological polar surface area (TPSA) is 92.3 Å². The van der Waals surface area contributed by atoms with Crippen LogP contribution in [0.15, 0.2) is 46.4 Å². The van der Waals surface area contributed by atoms with Gasteiger partial charge >= 0.3 is 5.97 Å². The smallest absolute Gasteiger partial charge is 0.341 e. The van der Waals surface area contributed by atoms with Crippen molar-refractivity contribution in [1.82, 2.24) is 0 Å². The van der Waals surface area contributed by atoms with Crippen molar-refractivity contribution >= 4 is 34.3 Å². The maximum absolute atomic E-state index is 13.2. The molecule has 0 radical (unpaired) electrons. The fraction of sp³-hybridized carbons (Fsp3) is 0.296. The zero-order chi connectivity index (χ0) is 24.8. The van der Waals surface area contributed by atoms with Crippen LogP contribution in [-0.2, 0) is 22.4 Å². The maximum Gasteiger partial charge on any atom is 0.341 e. The minimum Gasteiger partial charge on any atom is -0.462 e. The van der Waals surface area contributed by atoms with E-state index in [4.69, 9.17) is 9.15 Å². The largest absolute Gasteiger partial charge is 0.462 e. The second-order valence-electron chi connectivity index (χ2n) is 8.24. The number of benzene rings is 1. The summed E-state index contributed by atoms with van der Waals surface area (Å²) in [5.74, 6) is -0.635. The standard InChI is InChI=1S/C27H25FN2O4S/c1-2-3-14-33-27(32)24-21-6-4-5-7-23(21)35-26(24)30-25(31)18(16-29)15-20-12-13-22(34-20)17-8-10-19(28)11-9-17/h8-13,15H,2-7,14H2,1H3,(H,30,31). The summed E-state index contributed by atoms with van der Waals surface area (Å²) >= 11 is 1.37. The number of furan rings is 1. The second kappa shape index (κ2) is 11.2. The molecule has 0 saturated carbocycles. The van der Waals surface area contributed by atoms with E-state index in [1.54, 1.807) is 24.3 Å². The van der Waals surface area contributed by atoms with E-state index < -0.39 is 11.9 Å². The number of fused-ring (bicyclic) bond motifs is 1. The summed E-state index contributed by atoms with van der Waals surface area (Å²) < 4.78 is 24.3. The zero-order valence-corrected chi connectivity index (χ0v) is 20.2. The van der Waals surface area contributed by atoms with Crippen LogP contribution in [0.5, 0.6) is 0 Å². The van der Waals surface area contributed by atoms with Crippen molar-refractivity contribution in [3.05, 3.63) is 69.6 Å². The van der Waals surface area contributed by atoms with Gasteiger partial charge in [0, 0.05) is 16.5 Å². The van der Waals surface area contributed by atoms with E-state index in [9.17, 15) is 19.2 Å². The van der Waals surface area contributed by atoms with Gasteiger partial charge in [0.15, 0.2) is 0 Å². The number of hydrogen-bond acceptors (Lipinski definition) is 6. The molecule has 8 heteroatoms. The molecule has 1 aliphatic carbocycles. The molecule has 0 unspecified atom stereocenters. The van der Waals surface area contributed by atoms with Crippen LogP contribution in [0.3, 0.4) is 0 Å². The van der Waals surface area contributed by atoms with Crippen LogP contribution >= 0.6 is 11.3 Å². The minimum atomic E-state index is -0.631. The van der Waals surface area contributed by atoms with Crippen molar-refractivity contribution in [2.24, 2.45) is 0 Å². The minimum absolute atomic E-state index is 0.165. The number of anilines is 1. The van der Waals surface area contributed by atoms with E-state index in [-0.39, 0.29) is 11.4 Å². The number of nitrogens with zero attached hydrogens (tertiary/aromatic N) is 1. The Morgan fingerprint density at radius 3 is 2.71 bits per heavy atom. The molecule has 1 aliphatic rings. The molecule has 2 aromatic heterocycles. The lowest BCUT2D eigenvalue weighted by molar-refractivity contribution is -0.112. The SMILES string of the molecule is CCCCOC(=O)c1c(NC(=O)C(C#N)=Cc2ccc(-c3ccc(F)cc3)o2)sc2c1CCCC2. The molecule has 0 saturated heterocycles. The molecular weight excluding hydrogens is 467 g/mol. The number of unbranched alkanes of at least 4 members (excludes halogenated alkanes) is 1. The summed E-state index contributed by atoms with van der Waals surface area (Å²) in [5.41, 5.74) is 1.85. The molecule has 180 valence electrons. The fourth-order valence-corrected chi connectivity index (χ4v) is 5.18. The summed E-state index contributed by atoms with van der Waals surface area (Å²) in [5, 5.41) is 12.8. The Hall–Kier alpha value is -3.70. The van der Waals surface area contributed by atoms with Gasteiger partial charge in [-0.3, -0.25) is 4.79 Å². The fourth-order valence-electron chi connectivity index (χ4n) is 3.91. The number of rotatable bonds is 8. The Kier molecular flexibility index (Phi) is 7.78. The Balaban J connectivity index is 1.56. The van der Waals surface area contributed by atoms with Gasteiger partial charge in [0.1, 0.15) is 34.0 Å². The van der Waals surface area contributed by atoms with E-state index >= 15 is 0 Å². The number of hydrogen-bond donors (Lipinski definition) is 1. The first-order valence-electron chi connectivity index (χ1n) is 11.6. The molecule has 2 heterocycles. The lowest BCUT2D eigenvalue weighted by atomic mass is 9.95. The molecule has 0 bridgehead atoms. The second-order valence-corrected chi connectivity index (χ2v) is 9.34. The lowest BCUT2D eigenvalue weighted by Gasteiger charge is -2.12. The van der Waals surface area contributed by atoms with Gasteiger partial charge in [-0.05, 0) is 74.1 Å². The van der Waals surface area contributed by atoms with E-state index in [0.717, 1.165) is 49.0 Å². The molecule has 0 atom stereocenters. The molecule has 35 heavy (non-hydrogen) atoms. The van der Waals surface area contributed by atoms with Gasteiger partial charge in [-0.15, -0.1) is 11.3 Å². The number of esters is 1. The van der Waals surface area contributed by atoms with Gasteiger partial charge in [0.05, 0.1) is 12.2 Å². The van der Waals surface area contributed by atoms with Crippen LogP contribution in [0.4, 0.5) is 9.39 Å². The number of carbonyl (C=O) groups excluding carboxylic acids is 2. The van der Waals surface area contributed by atoms with Crippen molar-refractivity contribution in [2.45, 2.75) is 45.4 Å². The maximum atomic E-state index is 13.2. The molecule has 4 rings (SSSR count). The van der Waals surface area contributed by atoms with Gasteiger partial charge in [-0.25, -0.2) is 9.18 Å². The first-order chi connectivity index (χ1) is 17.0. The number of nitriles is 1. The highest BCUT2D eigenvalue weighted by molar-refractivity contribution is 7.17. The molecule has 0 aliphatic heterocycles. The Labute approximate surface area is 207 Å². The summed E-state index contributed by atoms with van der Waals surface area (Å²) in [4.78, 5) is 26.9. The third-order valence-electron chi connectivity index (χ3n) is 5.74. The molecule has 1 N–H and O–H groups in total. The quantitative estimate of drug-likeness (QED) is 0.167. The third kappa shape index (κ3) is 5.69. The number of carbonyl (C=O) groups is 2. The van der Waals surface area contributed by atoms with Crippen LogP contribution in [0.1, 0.15) is 59.2 Å². The zero-order valence-electron chi connectivity index (χ0n) is 19.4. The first-order valence-corrected chi connectivity index (χ1v) is 12.4. The highest BCUT2D eigenvalue weighted by atomic mass is 32.1. The van der Waals surface area contributed by atoms with Gasteiger partial charge in [0.2, 0.25) is 0 Å². The number of halogens is 1. The number of thiophene rings is 1. The number of ether oxygens (including phenoxy) is 1. The Bertz CT molecular complexity index is 1300.